The largest absolute Gasteiger partial charge is 0.435 e. The number of halogens is 2. The van der Waals surface area contributed by atoms with Gasteiger partial charge in [0.15, 0.2) is 0 Å². The number of aliphatic hydroxyl groups excluding tert-OH is 1. The molecule has 114 valence electrons. The van der Waals surface area contributed by atoms with Gasteiger partial charge in [-0.05, 0) is 31.0 Å². The molecule has 0 saturated carbocycles. The number of nitrogens with one attached hydrogen (secondary N) is 1. The van der Waals surface area contributed by atoms with Gasteiger partial charge in [-0.3, -0.25) is 0 Å². The number of methoxy groups -OCH3 is 1. The van der Waals surface area contributed by atoms with E-state index in [2.05, 4.69) is 10.1 Å². The summed E-state index contributed by atoms with van der Waals surface area (Å²) in [5.41, 5.74) is 0.950. The van der Waals surface area contributed by atoms with Crippen molar-refractivity contribution in [2.45, 2.75) is 32.0 Å². The van der Waals surface area contributed by atoms with Crippen molar-refractivity contribution in [1.29, 1.82) is 0 Å². The molecule has 6 heteroatoms. The topological polar surface area (TPSA) is 50.7 Å². The molecule has 0 aliphatic carbocycles. The van der Waals surface area contributed by atoms with Gasteiger partial charge in [-0.25, -0.2) is 0 Å². The number of ether oxygens (including phenoxy) is 2. The molecule has 4 nitrogen and oxygen atoms in total. The molecule has 1 aromatic carbocycles. The van der Waals surface area contributed by atoms with Gasteiger partial charge < -0.3 is 19.9 Å². The minimum Gasteiger partial charge on any atom is -0.435 e. The van der Waals surface area contributed by atoms with Crippen molar-refractivity contribution in [3.8, 4) is 5.75 Å². The van der Waals surface area contributed by atoms with Crippen LogP contribution in [0.5, 0.6) is 5.75 Å². The standard InChI is InChI=1S/C14H21F2NO3/c1-10(17-12(7-8-18)9-19-2)11-3-5-13(6-4-11)20-14(15)16/h3-6,10,12,14,17-18H,7-9H2,1-2H3. The van der Waals surface area contributed by atoms with E-state index in [1.54, 1.807) is 19.2 Å². The van der Waals surface area contributed by atoms with Crippen LogP contribution in [0.2, 0.25) is 0 Å². The lowest BCUT2D eigenvalue weighted by molar-refractivity contribution is -0.0498. The van der Waals surface area contributed by atoms with E-state index in [-0.39, 0.29) is 24.4 Å². The lowest BCUT2D eigenvalue weighted by Gasteiger charge is -2.22. The molecule has 0 saturated heterocycles. The summed E-state index contributed by atoms with van der Waals surface area (Å²) in [7, 11) is 1.60. The quantitative estimate of drug-likeness (QED) is 0.732. The van der Waals surface area contributed by atoms with Crippen LogP contribution >= 0.6 is 0 Å². The van der Waals surface area contributed by atoms with E-state index in [9.17, 15) is 8.78 Å². The zero-order valence-corrected chi connectivity index (χ0v) is 11.7. The van der Waals surface area contributed by atoms with E-state index >= 15 is 0 Å². The monoisotopic (exact) mass is 289 g/mol. The smallest absolute Gasteiger partial charge is 0.387 e. The Morgan fingerprint density at radius 3 is 2.40 bits per heavy atom. The van der Waals surface area contributed by atoms with Crippen molar-refractivity contribution in [3.05, 3.63) is 29.8 Å². The molecule has 2 atom stereocenters. The van der Waals surface area contributed by atoms with Crippen molar-refractivity contribution in [2.24, 2.45) is 0 Å². The highest BCUT2D eigenvalue weighted by molar-refractivity contribution is 5.29. The maximum atomic E-state index is 12.0. The molecule has 0 heterocycles. The summed E-state index contributed by atoms with van der Waals surface area (Å²) in [4.78, 5) is 0. The summed E-state index contributed by atoms with van der Waals surface area (Å²) in [5.74, 6) is 0.139. The fourth-order valence-corrected chi connectivity index (χ4v) is 1.96. The molecule has 20 heavy (non-hydrogen) atoms. The molecule has 0 aromatic heterocycles. The predicted molar refractivity (Wildman–Crippen MR) is 72.0 cm³/mol. The maximum Gasteiger partial charge on any atom is 0.387 e. The summed E-state index contributed by atoms with van der Waals surface area (Å²) < 4.78 is 33.5. The molecule has 0 amide bonds. The summed E-state index contributed by atoms with van der Waals surface area (Å²) in [5, 5.41) is 12.3. The van der Waals surface area contributed by atoms with E-state index in [1.807, 2.05) is 6.92 Å². The fourth-order valence-electron chi connectivity index (χ4n) is 1.96. The van der Waals surface area contributed by atoms with Gasteiger partial charge in [0.05, 0.1) is 6.61 Å². The number of rotatable bonds is 9. The normalized spacial score (nSPS) is 14.3. The van der Waals surface area contributed by atoms with Crippen LogP contribution in [-0.4, -0.2) is 38.1 Å². The Morgan fingerprint density at radius 2 is 1.90 bits per heavy atom. The van der Waals surface area contributed by atoms with Crippen LogP contribution in [0, 0.1) is 0 Å². The number of aliphatic hydroxyl groups is 1. The molecule has 0 aliphatic heterocycles. The van der Waals surface area contributed by atoms with Crippen molar-refractivity contribution in [1.82, 2.24) is 5.32 Å². The number of alkyl halides is 2. The van der Waals surface area contributed by atoms with Crippen LogP contribution in [0.15, 0.2) is 24.3 Å². The second kappa shape index (κ2) is 8.84. The molecule has 2 N–H and O–H groups in total. The van der Waals surface area contributed by atoms with Gasteiger partial charge in [0, 0.05) is 25.8 Å². The Hall–Kier alpha value is -1.24. The van der Waals surface area contributed by atoms with Gasteiger partial charge in [0.2, 0.25) is 0 Å². The molecular formula is C14H21F2NO3. The molecule has 1 rings (SSSR count). The zero-order chi connectivity index (χ0) is 15.0. The Balaban J connectivity index is 2.59. The second-order valence-electron chi connectivity index (χ2n) is 4.50. The third kappa shape index (κ3) is 5.81. The molecule has 0 aliphatic rings. The lowest BCUT2D eigenvalue weighted by Crippen LogP contribution is -2.36. The molecule has 2 unspecified atom stereocenters. The third-order valence-electron chi connectivity index (χ3n) is 2.94. The average molecular weight is 289 g/mol. The highest BCUT2D eigenvalue weighted by atomic mass is 19.3. The first-order chi connectivity index (χ1) is 9.56. The van der Waals surface area contributed by atoms with Gasteiger partial charge in [0.1, 0.15) is 5.75 Å². The summed E-state index contributed by atoms with van der Waals surface area (Å²) in [6.07, 6.45) is 0.588. The summed E-state index contributed by atoms with van der Waals surface area (Å²) >= 11 is 0. The van der Waals surface area contributed by atoms with Crippen LogP contribution in [0.25, 0.3) is 0 Å². The van der Waals surface area contributed by atoms with Crippen LogP contribution in [0.4, 0.5) is 8.78 Å². The predicted octanol–water partition coefficient (Wildman–Crippen LogP) is 2.34. The molecule has 1 aromatic rings. The van der Waals surface area contributed by atoms with E-state index < -0.39 is 6.61 Å². The van der Waals surface area contributed by atoms with E-state index in [4.69, 9.17) is 9.84 Å². The first-order valence-electron chi connectivity index (χ1n) is 6.47. The molecule has 0 bridgehead atoms. The maximum absolute atomic E-state index is 12.0. The minimum absolute atomic E-state index is 0.0160. The van der Waals surface area contributed by atoms with Crippen LogP contribution in [0.3, 0.4) is 0 Å². The minimum atomic E-state index is -2.81. The fraction of sp³-hybridized carbons (Fsp3) is 0.571. The number of benzene rings is 1. The van der Waals surface area contributed by atoms with Gasteiger partial charge in [-0.15, -0.1) is 0 Å². The van der Waals surface area contributed by atoms with E-state index in [0.29, 0.717) is 13.0 Å². The van der Waals surface area contributed by atoms with Crippen molar-refractivity contribution >= 4 is 0 Å². The Kier molecular flexibility index (Phi) is 7.43. The Morgan fingerprint density at radius 1 is 1.25 bits per heavy atom. The van der Waals surface area contributed by atoms with Crippen LogP contribution in [-0.2, 0) is 4.74 Å². The van der Waals surface area contributed by atoms with Crippen molar-refractivity contribution in [2.75, 3.05) is 20.3 Å². The van der Waals surface area contributed by atoms with E-state index in [0.717, 1.165) is 5.56 Å². The highest BCUT2D eigenvalue weighted by Crippen LogP contribution is 2.19. The Labute approximate surface area is 117 Å². The van der Waals surface area contributed by atoms with Crippen molar-refractivity contribution in [3.63, 3.8) is 0 Å². The zero-order valence-electron chi connectivity index (χ0n) is 11.7. The van der Waals surface area contributed by atoms with Gasteiger partial charge >= 0.3 is 6.61 Å². The molecular weight excluding hydrogens is 268 g/mol. The second-order valence-corrected chi connectivity index (χ2v) is 4.50. The Bertz CT molecular complexity index is 367. The highest BCUT2D eigenvalue weighted by Gasteiger charge is 2.13. The average Bonchev–Trinajstić information content (AvgIpc) is 2.39. The lowest BCUT2D eigenvalue weighted by atomic mass is 10.1. The van der Waals surface area contributed by atoms with Gasteiger partial charge in [0.25, 0.3) is 0 Å². The van der Waals surface area contributed by atoms with Gasteiger partial charge in [-0.1, -0.05) is 12.1 Å². The van der Waals surface area contributed by atoms with E-state index in [1.165, 1.54) is 12.1 Å². The third-order valence-corrected chi connectivity index (χ3v) is 2.94. The number of hydrogen-bond donors (Lipinski definition) is 2. The van der Waals surface area contributed by atoms with Crippen LogP contribution < -0.4 is 10.1 Å². The molecule has 0 fully saturated rings. The first kappa shape index (κ1) is 16.8. The number of hydrogen-bond acceptors (Lipinski definition) is 4. The first-order valence-corrected chi connectivity index (χ1v) is 6.47. The molecule has 0 spiro atoms. The van der Waals surface area contributed by atoms with Gasteiger partial charge in [-0.2, -0.15) is 8.78 Å². The SMILES string of the molecule is COCC(CCO)NC(C)c1ccc(OC(F)F)cc1. The summed E-state index contributed by atoms with van der Waals surface area (Å²) in [6.45, 7) is -0.276. The van der Waals surface area contributed by atoms with Crippen molar-refractivity contribution < 1.29 is 23.4 Å². The summed E-state index contributed by atoms with van der Waals surface area (Å²) in [6, 6.07) is 6.55. The molecule has 0 radical (unpaired) electrons. The van der Waals surface area contributed by atoms with Crippen LogP contribution in [0.1, 0.15) is 24.9 Å².